The van der Waals surface area contributed by atoms with Gasteiger partial charge in [-0.05, 0) is 60.5 Å². The second kappa shape index (κ2) is 12.4. The maximum Gasteiger partial charge on any atom is 0.573 e. The number of alkyl halides is 3. The predicted molar refractivity (Wildman–Crippen MR) is 154 cm³/mol. The van der Waals surface area contributed by atoms with Gasteiger partial charge in [-0.2, -0.15) is 0 Å². The Labute approximate surface area is 241 Å². The highest BCUT2D eigenvalue weighted by Crippen LogP contribution is 2.30. The molecule has 0 spiro atoms. The lowest BCUT2D eigenvalue weighted by Crippen LogP contribution is -2.41. The number of benzene rings is 4. The molecule has 216 valence electrons. The van der Waals surface area contributed by atoms with E-state index in [1.807, 2.05) is 42.2 Å². The summed E-state index contributed by atoms with van der Waals surface area (Å²) in [6.45, 7) is 3.17. The van der Waals surface area contributed by atoms with Crippen molar-refractivity contribution < 1.29 is 32.2 Å². The van der Waals surface area contributed by atoms with Gasteiger partial charge >= 0.3 is 6.36 Å². The number of amides is 2. The van der Waals surface area contributed by atoms with Crippen molar-refractivity contribution in [2.75, 3.05) is 18.4 Å². The Bertz CT molecular complexity index is 1550. The van der Waals surface area contributed by atoms with Crippen molar-refractivity contribution >= 4 is 17.5 Å². The van der Waals surface area contributed by atoms with E-state index >= 15 is 0 Å². The molecular weight excluding hydrogens is 545 g/mol. The first-order chi connectivity index (χ1) is 20.1. The minimum atomic E-state index is -4.78. The topological polar surface area (TPSA) is 67.9 Å². The minimum absolute atomic E-state index is 0.0176. The number of hydrogen-bond donors (Lipinski definition) is 1. The molecule has 1 fully saturated rings. The highest BCUT2D eigenvalue weighted by atomic mass is 19.4. The molecule has 0 radical (unpaired) electrons. The fourth-order valence-corrected chi connectivity index (χ4v) is 4.86. The SMILES string of the molecule is Cc1ccc(C(=O)N2CCC(Oc3cccc(NC(=O)c4ccccc4-c4ccc(OC(F)(F)F)cc4)c3)CC2)cc1. The van der Waals surface area contributed by atoms with Crippen molar-refractivity contribution in [1.29, 1.82) is 0 Å². The largest absolute Gasteiger partial charge is 0.573 e. The van der Waals surface area contributed by atoms with E-state index in [4.69, 9.17) is 4.74 Å². The van der Waals surface area contributed by atoms with Crippen LogP contribution in [-0.4, -0.2) is 42.3 Å². The Hall–Kier alpha value is -4.79. The van der Waals surface area contributed by atoms with E-state index in [9.17, 15) is 22.8 Å². The van der Waals surface area contributed by atoms with Crippen LogP contribution in [0.5, 0.6) is 11.5 Å². The van der Waals surface area contributed by atoms with Gasteiger partial charge in [-0.25, -0.2) is 0 Å². The quantitative estimate of drug-likeness (QED) is 0.248. The molecule has 0 unspecified atom stereocenters. The second-order valence-electron chi connectivity index (χ2n) is 10.1. The van der Waals surface area contributed by atoms with Crippen LogP contribution in [0.4, 0.5) is 18.9 Å². The predicted octanol–water partition coefficient (Wildman–Crippen LogP) is 7.50. The molecule has 4 aromatic carbocycles. The summed E-state index contributed by atoms with van der Waals surface area (Å²) in [5, 5.41) is 2.89. The van der Waals surface area contributed by atoms with Gasteiger partial charge in [0.15, 0.2) is 0 Å². The lowest BCUT2D eigenvalue weighted by Gasteiger charge is -2.32. The molecule has 1 N–H and O–H groups in total. The lowest BCUT2D eigenvalue weighted by atomic mass is 9.99. The van der Waals surface area contributed by atoms with Crippen molar-refractivity contribution in [1.82, 2.24) is 4.90 Å². The van der Waals surface area contributed by atoms with Crippen molar-refractivity contribution in [3.05, 3.63) is 114 Å². The maximum absolute atomic E-state index is 13.2. The van der Waals surface area contributed by atoms with Crippen molar-refractivity contribution in [3.63, 3.8) is 0 Å². The van der Waals surface area contributed by atoms with Gasteiger partial charge in [-0.15, -0.1) is 13.2 Å². The van der Waals surface area contributed by atoms with Crippen molar-refractivity contribution in [2.45, 2.75) is 32.2 Å². The number of piperidine rings is 1. The molecular formula is C33H29F3N2O4. The lowest BCUT2D eigenvalue weighted by molar-refractivity contribution is -0.274. The number of rotatable bonds is 7. The van der Waals surface area contributed by atoms with Crippen LogP contribution in [0.2, 0.25) is 0 Å². The number of halogens is 3. The zero-order valence-corrected chi connectivity index (χ0v) is 22.9. The monoisotopic (exact) mass is 574 g/mol. The highest BCUT2D eigenvalue weighted by molar-refractivity contribution is 6.08. The van der Waals surface area contributed by atoms with Gasteiger partial charge in [-0.1, -0.05) is 54.1 Å². The third-order valence-electron chi connectivity index (χ3n) is 6.99. The first-order valence-electron chi connectivity index (χ1n) is 13.5. The molecule has 5 rings (SSSR count). The third kappa shape index (κ3) is 7.28. The molecule has 1 saturated heterocycles. The van der Waals surface area contributed by atoms with E-state index in [-0.39, 0.29) is 23.7 Å². The van der Waals surface area contributed by atoms with Crippen LogP contribution in [-0.2, 0) is 0 Å². The van der Waals surface area contributed by atoms with Crippen LogP contribution in [0.15, 0.2) is 97.1 Å². The van der Waals surface area contributed by atoms with Crippen LogP contribution in [0, 0.1) is 6.92 Å². The second-order valence-corrected chi connectivity index (χ2v) is 10.1. The Morgan fingerprint density at radius 1 is 0.833 bits per heavy atom. The number of carbonyl (C=O) groups excluding carboxylic acids is 2. The Balaban J connectivity index is 1.20. The normalized spacial score (nSPS) is 13.9. The number of hydrogen-bond acceptors (Lipinski definition) is 4. The molecule has 0 bridgehead atoms. The number of likely N-dealkylation sites (tertiary alicyclic amines) is 1. The smallest absolute Gasteiger partial charge is 0.490 e. The Kier molecular flexibility index (Phi) is 8.47. The van der Waals surface area contributed by atoms with E-state index < -0.39 is 6.36 Å². The minimum Gasteiger partial charge on any atom is -0.490 e. The summed E-state index contributed by atoms with van der Waals surface area (Å²) >= 11 is 0. The van der Waals surface area contributed by atoms with E-state index in [0.29, 0.717) is 59.6 Å². The molecule has 0 saturated carbocycles. The summed E-state index contributed by atoms with van der Waals surface area (Å²) in [5.74, 6) is -0.0940. The van der Waals surface area contributed by atoms with Gasteiger partial charge in [0.2, 0.25) is 0 Å². The number of aryl methyl sites for hydroxylation is 1. The van der Waals surface area contributed by atoms with Crippen LogP contribution in [0.1, 0.15) is 39.1 Å². The average molecular weight is 575 g/mol. The van der Waals surface area contributed by atoms with E-state index in [1.165, 1.54) is 24.3 Å². The summed E-state index contributed by atoms with van der Waals surface area (Å²) in [6, 6.07) is 26.9. The van der Waals surface area contributed by atoms with Gasteiger partial charge in [0, 0.05) is 48.8 Å². The summed E-state index contributed by atoms with van der Waals surface area (Å²) in [5.41, 5.74) is 3.81. The number of nitrogens with zero attached hydrogens (tertiary/aromatic N) is 1. The summed E-state index contributed by atoms with van der Waals surface area (Å²) < 4.78 is 47.7. The molecule has 4 aromatic rings. The zero-order chi connectivity index (χ0) is 29.7. The molecule has 0 aromatic heterocycles. The molecule has 6 nitrogen and oxygen atoms in total. The first kappa shape index (κ1) is 28.7. The zero-order valence-electron chi connectivity index (χ0n) is 22.9. The van der Waals surface area contributed by atoms with Gasteiger partial charge in [0.05, 0.1) is 0 Å². The van der Waals surface area contributed by atoms with E-state index in [2.05, 4.69) is 10.1 Å². The number of carbonyl (C=O) groups is 2. The standard InChI is InChI=1S/C33H29F3N2O4/c1-22-9-11-24(12-10-22)32(40)38-19-17-26(18-20-38)41-28-6-4-5-25(21-28)37-31(39)30-8-3-2-7-29(30)23-13-15-27(16-14-23)42-33(34,35)36/h2-16,21,26H,17-20H2,1H3,(H,37,39). The summed E-state index contributed by atoms with van der Waals surface area (Å²) in [7, 11) is 0. The maximum atomic E-state index is 13.2. The Morgan fingerprint density at radius 3 is 2.21 bits per heavy atom. The van der Waals surface area contributed by atoms with Crippen LogP contribution in [0.25, 0.3) is 11.1 Å². The van der Waals surface area contributed by atoms with Crippen LogP contribution < -0.4 is 14.8 Å². The van der Waals surface area contributed by atoms with E-state index in [0.717, 1.165) is 5.56 Å². The summed E-state index contributed by atoms with van der Waals surface area (Å²) in [6.07, 6.45) is -3.47. The van der Waals surface area contributed by atoms with Gasteiger partial charge in [0.25, 0.3) is 11.8 Å². The fraction of sp³-hybridized carbons (Fsp3) is 0.212. The van der Waals surface area contributed by atoms with E-state index in [1.54, 1.807) is 42.5 Å². The average Bonchev–Trinajstić information content (AvgIpc) is 2.97. The molecule has 2 amide bonds. The number of ether oxygens (including phenoxy) is 2. The molecule has 9 heteroatoms. The molecule has 0 aliphatic carbocycles. The number of anilines is 1. The Morgan fingerprint density at radius 2 is 1.52 bits per heavy atom. The molecule has 1 heterocycles. The van der Waals surface area contributed by atoms with Gasteiger partial charge in [-0.3, -0.25) is 9.59 Å². The van der Waals surface area contributed by atoms with Crippen molar-refractivity contribution in [2.24, 2.45) is 0 Å². The first-order valence-corrected chi connectivity index (χ1v) is 13.5. The molecule has 42 heavy (non-hydrogen) atoms. The highest BCUT2D eigenvalue weighted by Gasteiger charge is 2.31. The number of nitrogens with one attached hydrogen (secondary N) is 1. The van der Waals surface area contributed by atoms with Crippen LogP contribution in [0.3, 0.4) is 0 Å². The third-order valence-corrected chi connectivity index (χ3v) is 6.99. The molecule has 1 aliphatic rings. The van der Waals surface area contributed by atoms with Gasteiger partial charge < -0.3 is 19.7 Å². The summed E-state index contributed by atoms with van der Waals surface area (Å²) in [4.78, 5) is 27.9. The molecule has 0 atom stereocenters. The van der Waals surface area contributed by atoms with Gasteiger partial charge in [0.1, 0.15) is 17.6 Å². The molecule has 1 aliphatic heterocycles. The fourth-order valence-electron chi connectivity index (χ4n) is 4.86. The van der Waals surface area contributed by atoms with Crippen LogP contribution >= 0.6 is 0 Å². The van der Waals surface area contributed by atoms with Crippen molar-refractivity contribution in [3.8, 4) is 22.6 Å².